The van der Waals surface area contributed by atoms with E-state index in [0.29, 0.717) is 36.7 Å². The zero-order chi connectivity index (χ0) is 21.5. The number of fused-ring (bicyclic) bond motifs is 1. The van der Waals surface area contributed by atoms with Crippen LogP contribution in [0.3, 0.4) is 0 Å². The summed E-state index contributed by atoms with van der Waals surface area (Å²) < 4.78 is 13.4. The lowest BCUT2D eigenvalue weighted by atomic mass is 10.1. The van der Waals surface area contributed by atoms with Crippen LogP contribution in [0.4, 0.5) is 0 Å². The molecule has 0 spiro atoms. The van der Waals surface area contributed by atoms with E-state index in [2.05, 4.69) is 4.99 Å². The second-order valence-electron chi connectivity index (χ2n) is 6.81. The summed E-state index contributed by atoms with van der Waals surface area (Å²) in [6.45, 7) is 7.75. The number of hydrogen-bond acceptors (Lipinski definition) is 5. The van der Waals surface area contributed by atoms with Gasteiger partial charge in [0.15, 0.2) is 4.80 Å². The summed E-state index contributed by atoms with van der Waals surface area (Å²) >= 11 is 1.39. The molecule has 0 bridgehead atoms. The van der Waals surface area contributed by atoms with Crippen LogP contribution in [0.2, 0.25) is 0 Å². The molecule has 2 aromatic carbocycles. The molecule has 0 unspecified atom stereocenters. The Morgan fingerprint density at radius 3 is 2.67 bits per heavy atom. The molecule has 0 radical (unpaired) electrons. The summed E-state index contributed by atoms with van der Waals surface area (Å²) in [5, 5.41) is 0. The highest BCUT2D eigenvalue weighted by Crippen LogP contribution is 2.20. The number of carbonyl (C=O) groups is 2. The van der Waals surface area contributed by atoms with E-state index in [4.69, 9.17) is 9.47 Å². The van der Waals surface area contributed by atoms with Gasteiger partial charge in [0.25, 0.3) is 5.91 Å². The first-order valence-corrected chi connectivity index (χ1v) is 10.8. The van der Waals surface area contributed by atoms with Crippen molar-refractivity contribution < 1.29 is 19.1 Å². The van der Waals surface area contributed by atoms with Gasteiger partial charge in [-0.3, -0.25) is 4.79 Å². The molecular formula is C23H26N2O4S. The molecule has 6 nitrogen and oxygen atoms in total. The maximum atomic E-state index is 12.6. The number of aryl methyl sites for hydroxylation is 1. The highest BCUT2D eigenvalue weighted by Gasteiger charge is 2.13. The third-order valence-corrected chi connectivity index (χ3v) is 5.56. The van der Waals surface area contributed by atoms with Crippen LogP contribution in [0.1, 0.15) is 35.3 Å². The third-order valence-electron chi connectivity index (χ3n) is 4.52. The summed E-state index contributed by atoms with van der Waals surface area (Å²) in [6, 6.07) is 13.3. The Kier molecular flexibility index (Phi) is 7.54. The minimum atomic E-state index is -0.359. The monoisotopic (exact) mass is 426 g/mol. The molecule has 0 aliphatic heterocycles. The molecule has 0 atom stereocenters. The molecule has 0 fully saturated rings. The molecule has 1 aromatic heterocycles. The van der Waals surface area contributed by atoms with Crippen molar-refractivity contribution in [3.8, 4) is 0 Å². The molecule has 1 amide bonds. The predicted octanol–water partition coefficient (Wildman–Crippen LogP) is 3.89. The van der Waals surface area contributed by atoms with Crippen molar-refractivity contribution in [3.05, 3.63) is 64.0 Å². The fourth-order valence-electron chi connectivity index (χ4n) is 3.16. The maximum absolute atomic E-state index is 12.6. The Morgan fingerprint density at radius 2 is 1.93 bits per heavy atom. The summed E-state index contributed by atoms with van der Waals surface area (Å²) in [4.78, 5) is 29.7. The van der Waals surface area contributed by atoms with Crippen molar-refractivity contribution in [2.24, 2.45) is 4.99 Å². The van der Waals surface area contributed by atoms with Crippen molar-refractivity contribution in [2.45, 2.75) is 33.7 Å². The van der Waals surface area contributed by atoms with Gasteiger partial charge in [-0.1, -0.05) is 41.2 Å². The minimum absolute atomic E-state index is 0.206. The fourth-order valence-corrected chi connectivity index (χ4v) is 4.27. The van der Waals surface area contributed by atoms with E-state index in [0.717, 1.165) is 21.3 Å². The zero-order valence-corrected chi connectivity index (χ0v) is 18.3. The van der Waals surface area contributed by atoms with Gasteiger partial charge in [-0.05, 0) is 44.5 Å². The van der Waals surface area contributed by atoms with Gasteiger partial charge >= 0.3 is 5.97 Å². The van der Waals surface area contributed by atoms with Crippen LogP contribution in [-0.4, -0.2) is 36.3 Å². The normalized spacial score (nSPS) is 11.8. The first-order valence-electron chi connectivity index (χ1n) is 10.0. The van der Waals surface area contributed by atoms with Gasteiger partial charge in [0.05, 0.1) is 35.4 Å². The SMILES string of the molecule is CCOCCn1c(=NC(=O)Cc2cccc(C)c2)sc2cc(C(=O)OCC)ccc21. The smallest absolute Gasteiger partial charge is 0.338 e. The number of thiazole rings is 1. The van der Waals surface area contributed by atoms with Crippen LogP contribution in [0.15, 0.2) is 47.5 Å². The van der Waals surface area contributed by atoms with Gasteiger partial charge in [-0.2, -0.15) is 4.99 Å². The lowest BCUT2D eigenvalue weighted by molar-refractivity contribution is -0.117. The summed E-state index contributed by atoms with van der Waals surface area (Å²) in [7, 11) is 0. The van der Waals surface area contributed by atoms with E-state index < -0.39 is 0 Å². The fraction of sp³-hybridized carbons (Fsp3) is 0.348. The summed E-state index contributed by atoms with van der Waals surface area (Å²) in [5.74, 6) is -0.564. The van der Waals surface area contributed by atoms with E-state index in [1.165, 1.54) is 11.3 Å². The Morgan fingerprint density at radius 1 is 1.10 bits per heavy atom. The van der Waals surface area contributed by atoms with Gasteiger partial charge in [0.2, 0.25) is 0 Å². The number of carbonyl (C=O) groups excluding carboxylic acids is 2. The molecule has 0 aliphatic rings. The number of rotatable bonds is 8. The Hall–Kier alpha value is -2.77. The van der Waals surface area contributed by atoms with Crippen LogP contribution < -0.4 is 4.80 Å². The lowest BCUT2D eigenvalue weighted by Gasteiger charge is -2.06. The van der Waals surface area contributed by atoms with Gasteiger partial charge in [0, 0.05) is 13.2 Å². The Balaban J connectivity index is 1.97. The average Bonchev–Trinajstić information content (AvgIpc) is 3.04. The van der Waals surface area contributed by atoms with Crippen LogP contribution in [0.25, 0.3) is 10.2 Å². The number of nitrogens with zero attached hydrogens (tertiary/aromatic N) is 2. The van der Waals surface area contributed by atoms with Gasteiger partial charge in [0.1, 0.15) is 0 Å². The molecule has 158 valence electrons. The molecule has 0 saturated carbocycles. The van der Waals surface area contributed by atoms with Crippen LogP contribution in [0.5, 0.6) is 0 Å². The molecule has 30 heavy (non-hydrogen) atoms. The van der Waals surface area contributed by atoms with Crippen molar-refractivity contribution in [2.75, 3.05) is 19.8 Å². The number of esters is 1. The number of hydrogen-bond donors (Lipinski definition) is 0. The molecule has 7 heteroatoms. The second kappa shape index (κ2) is 10.3. The van der Waals surface area contributed by atoms with Gasteiger partial charge in [-0.15, -0.1) is 0 Å². The van der Waals surface area contributed by atoms with E-state index in [1.54, 1.807) is 19.1 Å². The summed E-state index contributed by atoms with van der Waals surface area (Å²) in [5.41, 5.74) is 3.45. The van der Waals surface area contributed by atoms with Crippen molar-refractivity contribution >= 4 is 33.4 Å². The summed E-state index contributed by atoms with van der Waals surface area (Å²) in [6.07, 6.45) is 0.245. The highest BCUT2D eigenvalue weighted by molar-refractivity contribution is 7.16. The molecule has 3 aromatic rings. The highest BCUT2D eigenvalue weighted by atomic mass is 32.1. The Bertz CT molecular complexity index is 1110. The largest absolute Gasteiger partial charge is 0.462 e. The molecule has 0 saturated heterocycles. The van der Waals surface area contributed by atoms with Gasteiger partial charge < -0.3 is 14.0 Å². The third kappa shape index (κ3) is 5.43. The standard InChI is InChI=1S/C23H26N2O4S/c1-4-28-12-11-25-19-10-9-18(22(27)29-5-2)15-20(19)30-23(25)24-21(26)14-17-8-6-7-16(3)13-17/h6-10,13,15H,4-5,11-12,14H2,1-3H3. The van der Waals surface area contributed by atoms with Crippen molar-refractivity contribution in [1.29, 1.82) is 0 Å². The molecule has 1 heterocycles. The number of benzene rings is 2. The van der Waals surface area contributed by atoms with Crippen LogP contribution >= 0.6 is 11.3 Å². The Labute approximate surface area is 179 Å². The molecular weight excluding hydrogens is 400 g/mol. The lowest BCUT2D eigenvalue weighted by Crippen LogP contribution is -2.20. The van der Waals surface area contributed by atoms with E-state index >= 15 is 0 Å². The first kappa shape index (κ1) is 21.9. The first-order chi connectivity index (χ1) is 14.5. The predicted molar refractivity (Wildman–Crippen MR) is 118 cm³/mol. The topological polar surface area (TPSA) is 69.9 Å². The van der Waals surface area contributed by atoms with Crippen LogP contribution in [0, 0.1) is 6.92 Å². The maximum Gasteiger partial charge on any atom is 0.338 e. The second-order valence-corrected chi connectivity index (χ2v) is 7.82. The van der Waals surface area contributed by atoms with Crippen LogP contribution in [-0.2, 0) is 27.2 Å². The molecule has 0 aliphatic carbocycles. The zero-order valence-electron chi connectivity index (χ0n) is 17.5. The van der Waals surface area contributed by atoms with E-state index in [-0.39, 0.29) is 18.3 Å². The average molecular weight is 427 g/mol. The van der Waals surface area contributed by atoms with Crippen molar-refractivity contribution in [3.63, 3.8) is 0 Å². The van der Waals surface area contributed by atoms with Crippen molar-refractivity contribution in [1.82, 2.24) is 4.57 Å². The number of amides is 1. The quantitative estimate of drug-likeness (QED) is 0.405. The number of aromatic nitrogens is 1. The van der Waals surface area contributed by atoms with E-state index in [9.17, 15) is 9.59 Å². The molecule has 0 N–H and O–H groups in total. The number of ether oxygens (including phenoxy) is 2. The molecule has 3 rings (SSSR count). The minimum Gasteiger partial charge on any atom is -0.462 e. The van der Waals surface area contributed by atoms with Gasteiger partial charge in [-0.25, -0.2) is 4.79 Å². The van der Waals surface area contributed by atoms with E-state index in [1.807, 2.05) is 48.7 Å².